The summed E-state index contributed by atoms with van der Waals surface area (Å²) in [4.78, 5) is 7.77. The van der Waals surface area contributed by atoms with Crippen molar-refractivity contribution >= 4 is 5.78 Å². The molecule has 0 spiro atoms. The van der Waals surface area contributed by atoms with E-state index < -0.39 is 6.10 Å². The SMILES string of the molecule is OCC(O)c1cnc2ncnn2c1. The molecule has 6 heteroatoms. The Hall–Kier alpha value is -1.53. The summed E-state index contributed by atoms with van der Waals surface area (Å²) in [6.07, 6.45) is 3.50. The molecule has 0 aliphatic heterocycles. The molecule has 0 aliphatic carbocycles. The molecular formula is C7H8N4O2. The first-order chi connectivity index (χ1) is 6.31. The van der Waals surface area contributed by atoms with Crippen LogP contribution in [0.3, 0.4) is 0 Å². The van der Waals surface area contributed by atoms with Gasteiger partial charge in [-0.15, -0.1) is 0 Å². The second-order valence-electron chi connectivity index (χ2n) is 2.59. The van der Waals surface area contributed by atoms with E-state index in [-0.39, 0.29) is 6.61 Å². The molecule has 6 nitrogen and oxygen atoms in total. The minimum absolute atomic E-state index is 0.331. The Balaban J connectivity index is 2.48. The summed E-state index contributed by atoms with van der Waals surface area (Å²) < 4.78 is 1.44. The topological polar surface area (TPSA) is 83.5 Å². The lowest BCUT2D eigenvalue weighted by atomic mass is 10.2. The molecule has 0 aliphatic rings. The fourth-order valence-corrected chi connectivity index (χ4v) is 1.01. The van der Waals surface area contributed by atoms with Crippen LogP contribution in [-0.2, 0) is 0 Å². The van der Waals surface area contributed by atoms with Crippen LogP contribution in [-0.4, -0.2) is 36.4 Å². The van der Waals surface area contributed by atoms with Crippen molar-refractivity contribution in [2.45, 2.75) is 6.10 Å². The van der Waals surface area contributed by atoms with Gasteiger partial charge in [0, 0.05) is 18.0 Å². The van der Waals surface area contributed by atoms with Gasteiger partial charge in [-0.2, -0.15) is 10.1 Å². The second-order valence-corrected chi connectivity index (χ2v) is 2.59. The molecule has 2 aromatic rings. The van der Waals surface area contributed by atoms with Crippen LogP contribution in [0.1, 0.15) is 11.7 Å². The third-order valence-corrected chi connectivity index (χ3v) is 1.71. The predicted molar refractivity (Wildman–Crippen MR) is 42.8 cm³/mol. The number of hydrogen-bond donors (Lipinski definition) is 2. The Morgan fingerprint density at radius 3 is 3.08 bits per heavy atom. The highest BCUT2D eigenvalue weighted by atomic mass is 16.3. The van der Waals surface area contributed by atoms with Gasteiger partial charge >= 0.3 is 0 Å². The molecule has 2 rings (SSSR count). The summed E-state index contributed by atoms with van der Waals surface area (Å²) in [6, 6.07) is 0. The molecule has 0 aromatic carbocycles. The Morgan fingerprint density at radius 2 is 2.31 bits per heavy atom. The maximum Gasteiger partial charge on any atom is 0.252 e. The molecule has 68 valence electrons. The van der Waals surface area contributed by atoms with Crippen LogP contribution < -0.4 is 0 Å². The number of hydrogen-bond acceptors (Lipinski definition) is 5. The van der Waals surface area contributed by atoms with Gasteiger partial charge in [0.2, 0.25) is 0 Å². The van der Waals surface area contributed by atoms with Crippen molar-refractivity contribution in [3.05, 3.63) is 24.3 Å². The maximum absolute atomic E-state index is 9.27. The van der Waals surface area contributed by atoms with Gasteiger partial charge in [-0.1, -0.05) is 0 Å². The van der Waals surface area contributed by atoms with Crippen molar-refractivity contribution in [1.29, 1.82) is 0 Å². The van der Waals surface area contributed by atoms with Crippen LogP contribution >= 0.6 is 0 Å². The molecule has 0 fully saturated rings. The van der Waals surface area contributed by atoms with Crippen LogP contribution in [0.25, 0.3) is 5.78 Å². The molecule has 0 amide bonds. The van der Waals surface area contributed by atoms with E-state index in [4.69, 9.17) is 5.11 Å². The molecule has 2 N–H and O–H groups in total. The lowest BCUT2D eigenvalue weighted by Crippen LogP contribution is -2.05. The highest BCUT2D eigenvalue weighted by Gasteiger charge is 2.07. The summed E-state index contributed by atoms with van der Waals surface area (Å²) >= 11 is 0. The number of nitrogens with zero attached hydrogens (tertiary/aromatic N) is 4. The zero-order chi connectivity index (χ0) is 9.26. The predicted octanol–water partition coefficient (Wildman–Crippen LogP) is -0.850. The molecule has 13 heavy (non-hydrogen) atoms. The Labute approximate surface area is 73.5 Å². The van der Waals surface area contributed by atoms with Gasteiger partial charge in [-0.05, 0) is 0 Å². The number of aliphatic hydroxyl groups excluding tert-OH is 2. The number of rotatable bonds is 2. The maximum atomic E-state index is 9.27. The van der Waals surface area contributed by atoms with Crippen molar-refractivity contribution in [3.63, 3.8) is 0 Å². The van der Waals surface area contributed by atoms with Crippen molar-refractivity contribution in [3.8, 4) is 0 Å². The van der Waals surface area contributed by atoms with Gasteiger partial charge in [0.05, 0.1) is 6.61 Å². The van der Waals surface area contributed by atoms with Crippen molar-refractivity contribution in [2.24, 2.45) is 0 Å². The zero-order valence-electron chi connectivity index (χ0n) is 6.70. The third kappa shape index (κ3) is 1.36. The first kappa shape index (κ1) is 8.09. The molecule has 1 atom stereocenters. The average Bonchev–Trinajstić information content (AvgIpc) is 2.63. The van der Waals surface area contributed by atoms with Crippen LogP contribution in [0.2, 0.25) is 0 Å². The van der Waals surface area contributed by atoms with Crippen LogP contribution in [0.5, 0.6) is 0 Å². The van der Waals surface area contributed by atoms with E-state index in [0.717, 1.165) is 0 Å². The van der Waals surface area contributed by atoms with Gasteiger partial charge in [0.15, 0.2) is 0 Å². The zero-order valence-corrected chi connectivity index (χ0v) is 6.70. The lowest BCUT2D eigenvalue weighted by Gasteiger charge is -2.05. The highest BCUT2D eigenvalue weighted by molar-refractivity contribution is 5.26. The van der Waals surface area contributed by atoms with E-state index in [0.29, 0.717) is 11.3 Å². The van der Waals surface area contributed by atoms with Gasteiger partial charge in [0.1, 0.15) is 12.4 Å². The lowest BCUT2D eigenvalue weighted by molar-refractivity contribution is 0.0949. The first-order valence-electron chi connectivity index (χ1n) is 3.75. The van der Waals surface area contributed by atoms with E-state index in [2.05, 4.69) is 15.1 Å². The summed E-state index contributed by atoms with van der Waals surface area (Å²) in [5.41, 5.74) is 0.514. The van der Waals surface area contributed by atoms with Crippen LogP contribution in [0.4, 0.5) is 0 Å². The Bertz CT molecular complexity index is 414. The summed E-state index contributed by atoms with van der Waals surface area (Å²) in [5.74, 6) is 0.467. The molecule has 0 bridgehead atoms. The van der Waals surface area contributed by atoms with E-state index in [1.165, 1.54) is 17.0 Å². The molecule has 2 heterocycles. The second kappa shape index (κ2) is 3.08. The van der Waals surface area contributed by atoms with Crippen molar-refractivity contribution in [1.82, 2.24) is 19.6 Å². The smallest absolute Gasteiger partial charge is 0.252 e. The third-order valence-electron chi connectivity index (χ3n) is 1.71. The summed E-state index contributed by atoms with van der Waals surface area (Å²) in [5, 5.41) is 21.8. The minimum Gasteiger partial charge on any atom is -0.393 e. The molecule has 2 aromatic heterocycles. The Morgan fingerprint density at radius 1 is 1.46 bits per heavy atom. The molecule has 0 saturated carbocycles. The van der Waals surface area contributed by atoms with Gasteiger partial charge in [0.25, 0.3) is 5.78 Å². The van der Waals surface area contributed by atoms with Crippen molar-refractivity contribution in [2.75, 3.05) is 6.61 Å². The number of fused-ring (bicyclic) bond motifs is 1. The largest absolute Gasteiger partial charge is 0.393 e. The van der Waals surface area contributed by atoms with E-state index in [9.17, 15) is 5.11 Å². The average molecular weight is 180 g/mol. The van der Waals surface area contributed by atoms with Gasteiger partial charge < -0.3 is 10.2 Å². The van der Waals surface area contributed by atoms with E-state index >= 15 is 0 Å². The highest BCUT2D eigenvalue weighted by Crippen LogP contribution is 2.09. The molecule has 0 saturated heterocycles. The number of aliphatic hydroxyl groups is 2. The van der Waals surface area contributed by atoms with Crippen molar-refractivity contribution < 1.29 is 10.2 Å². The van der Waals surface area contributed by atoms with Gasteiger partial charge in [-0.3, -0.25) is 0 Å². The summed E-state index contributed by atoms with van der Waals surface area (Å²) in [6.45, 7) is -0.331. The molecule has 0 radical (unpaired) electrons. The van der Waals surface area contributed by atoms with Crippen LogP contribution in [0, 0.1) is 0 Å². The standard InChI is InChI=1S/C7H8N4O2/c12-3-6(13)5-1-8-7-9-4-10-11(7)2-5/h1-2,4,6,12-13H,3H2. The first-order valence-corrected chi connectivity index (χ1v) is 3.75. The van der Waals surface area contributed by atoms with E-state index in [1.54, 1.807) is 6.20 Å². The fraction of sp³-hybridized carbons (Fsp3) is 0.286. The summed E-state index contributed by atoms with van der Waals surface area (Å²) in [7, 11) is 0. The fourth-order valence-electron chi connectivity index (χ4n) is 1.01. The Kier molecular flexibility index (Phi) is 1.91. The normalized spacial score (nSPS) is 13.4. The minimum atomic E-state index is -0.916. The molecule has 1 unspecified atom stereocenters. The quantitative estimate of drug-likeness (QED) is 0.629. The number of aromatic nitrogens is 4. The molecular weight excluding hydrogens is 172 g/mol. The van der Waals surface area contributed by atoms with E-state index in [1.807, 2.05) is 0 Å². The monoisotopic (exact) mass is 180 g/mol. The van der Waals surface area contributed by atoms with Gasteiger partial charge in [-0.25, -0.2) is 9.50 Å². The van der Waals surface area contributed by atoms with Crippen LogP contribution in [0.15, 0.2) is 18.7 Å².